The van der Waals surface area contributed by atoms with Crippen LogP contribution in [0.4, 0.5) is 0 Å². The molecule has 1 N–H and O–H groups in total. The predicted molar refractivity (Wildman–Crippen MR) is 155 cm³/mol. The number of ether oxygens (including phenoxy) is 9. The lowest BCUT2D eigenvalue weighted by atomic mass is 10.2. The van der Waals surface area contributed by atoms with Crippen molar-refractivity contribution in [1.29, 1.82) is 0 Å². The first-order chi connectivity index (χ1) is 20.2. The van der Waals surface area contributed by atoms with Crippen LogP contribution < -0.4 is 0 Å². The van der Waals surface area contributed by atoms with Crippen LogP contribution in [-0.2, 0) is 61.0 Å². The van der Waals surface area contributed by atoms with Crippen molar-refractivity contribution >= 4 is 13.8 Å². The second-order valence-electron chi connectivity index (χ2n) is 9.48. The van der Waals surface area contributed by atoms with Crippen molar-refractivity contribution in [2.24, 2.45) is 0 Å². The first kappa shape index (κ1) is 41.8. The Hall–Kier alpha value is -1.20. The molecule has 0 saturated carbocycles. The Morgan fingerprint density at radius 1 is 0.698 bits per heavy atom. The summed E-state index contributed by atoms with van der Waals surface area (Å²) < 4.78 is 76.4. The standard InChI is InChI=1S/C27H54NO14P/c1-12-32-22-23(25(33-13-2,34-14-3)35-15-4)24(29)41-26(36-16-5,37-17-6)27(38-18-7,39-19-8)42-43(30,31)40-21-20-28(9,10)11/h22H,12-21H2,1-11H3/p+1. The maximum Gasteiger partial charge on any atom is 0.477 e. The first-order valence-electron chi connectivity index (χ1n) is 14.7. The molecule has 0 aliphatic rings. The number of rotatable bonds is 26. The summed E-state index contributed by atoms with van der Waals surface area (Å²) in [7, 11) is 0.666. The van der Waals surface area contributed by atoms with E-state index >= 15 is 0 Å². The Morgan fingerprint density at radius 3 is 1.49 bits per heavy atom. The number of carbonyl (C=O) groups is 1. The molecule has 0 amide bonds. The van der Waals surface area contributed by atoms with E-state index in [2.05, 4.69) is 0 Å². The number of quaternary nitrogens is 1. The Labute approximate surface area is 256 Å². The summed E-state index contributed by atoms with van der Waals surface area (Å²) in [5, 5.41) is 0. The van der Waals surface area contributed by atoms with E-state index in [1.807, 2.05) is 21.1 Å². The van der Waals surface area contributed by atoms with E-state index in [9.17, 15) is 14.3 Å². The highest BCUT2D eigenvalue weighted by molar-refractivity contribution is 7.47. The van der Waals surface area contributed by atoms with Gasteiger partial charge < -0.3 is 52.0 Å². The second kappa shape index (κ2) is 20.0. The van der Waals surface area contributed by atoms with Crippen LogP contribution in [0, 0.1) is 0 Å². The number of phosphoric ester groups is 1. The van der Waals surface area contributed by atoms with Crippen LogP contribution in [0.1, 0.15) is 55.4 Å². The van der Waals surface area contributed by atoms with Gasteiger partial charge in [0, 0.05) is 19.8 Å². The molecule has 16 heteroatoms. The lowest BCUT2D eigenvalue weighted by Gasteiger charge is -2.45. The largest absolute Gasteiger partial charge is 0.501 e. The maximum atomic E-state index is 14.1. The van der Waals surface area contributed by atoms with Gasteiger partial charge in [-0.05, 0) is 55.4 Å². The third-order valence-corrected chi connectivity index (χ3v) is 6.09. The zero-order valence-corrected chi connectivity index (χ0v) is 28.7. The normalized spacial score (nSPS) is 14.9. The number of carbonyl (C=O) groups excluding carboxylic acids is 1. The molecule has 1 unspecified atom stereocenters. The van der Waals surface area contributed by atoms with E-state index in [0.29, 0.717) is 11.0 Å². The molecule has 0 aromatic rings. The number of hydrogen-bond acceptors (Lipinski definition) is 13. The van der Waals surface area contributed by atoms with Crippen molar-refractivity contribution in [1.82, 2.24) is 0 Å². The fourth-order valence-corrected chi connectivity index (χ4v) is 4.44. The van der Waals surface area contributed by atoms with Crippen LogP contribution in [0.25, 0.3) is 0 Å². The van der Waals surface area contributed by atoms with E-state index in [1.54, 1.807) is 55.4 Å². The van der Waals surface area contributed by atoms with Crippen LogP contribution in [0.3, 0.4) is 0 Å². The quantitative estimate of drug-likeness (QED) is 0.0363. The van der Waals surface area contributed by atoms with E-state index < -0.39 is 31.7 Å². The smallest absolute Gasteiger partial charge is 0.477 e. The van der Waals surface area contributed by atoms with Crippen LogP contribution in [0.5, 0.6) is 0 Å². The van der Waals surface area contributed by atoms with Crippen molar-refractivity contribution in [2.45, 2.75) is 73.3 Å². The topological polar surface area (TPSA) is 156 Å². The van der Waals surface area contributed by atoms with Crippen LogP contribution in [0.15, 0.2) is 11.8 Å². The molecule has 0 heterocycles. The van der Waals surface area contributed by atoms with Gasteiger partial charge in [0.05, 0.1) is 54.2 Å². The number of phosphoric acid groups is 1. The Morgan fingerprint density at radius 2 is 1.12 bits per heavy atom. The molecule has 15 nitrogen and oxygen atoms in total. The molecular formula is C27H55NO14P+. The van der Waals surface area contributed by atoms with Gasteiger partial charge in [0.25, 0.3) is 0 Å². The lowest BCUT2D eigenvalue weighted by molar-refractivity contribution is -0.870. The molecule has 0 spiro atoms. The molecule has 0 aromatic heterocycles. The van der Waals surface area contributed by atoms with Gasteiger partial charge in [-0.15, -0.1) is 0 Å². The highest BCUT2D eigenvalue weighted by Crippen LogP contribution is 2.52. The average Bonchev–Trinajstić information content (AvgIpc) is 2.88. The number of hydrogen-bond donors (Lipinski definition) is 1. The third-order valence-electron chi connectivity index (χ3n) is 5.11. The number of nitrogens with zero attached hydrogens (tertiary/aromatic N) is 1. The highest BCUT2D eigenvalue weighted by atomic mass is 31.2. The Kier molecular flexibility index (Phi) is 19.5. The molecular weight excluding hydrogens is 593 g/mol. The fraction of sp³-hybridized carbons (Fsp3) is 0.889. The van der Waals surface area contributed by atoms with Gasteiger partial charge >= 0.3 is 31.7 Å². The zero-order chi connectivity index (χ0) is 33.2. The SMILES string of the molecule is CCOC=C(C(=O)OC(OCC)(OCC)C(OCC)(OCC)OP(=O)(O)OCC[N+](C)(C)C)C(OCC)(OCC)OCC. The van der Waals surface area contributed by atoms with Crippen molar-refractivity contribution in [3.8, 4) is 0 Å². The minimum absolute atomic E-state index is 0.0715. The van der Waals surface area contributed by atoms with Crippen LogP contribution in [-0.4, -0.2) is 120 Å². The van der Waals surface area contributed by atoms with Gasteiger partial charge in [0.1, 0.15) is 19.4 Å². The summed E-state index contributed by atoms with van der Waals surface area (Å²) in [5.74, 6) is -8.74. The molecule has 0 saturated heterocycles. The number of esters is 1. The Bertz CT molecular complexity index is 834. The number of likely N-dealkylation sites (N-methyl/N-ethyl adjacent to an activating group) is 1. The molecule has 0 fully saturated rings. The summed E-state index contributed by atoms with van der Waals surface area (Å²) in [5.41, 5.74) is -0.364. The van der Waals surface area contributed by atoms with Gasteiger partial charge in [-0.1, -0.05) is 0 Å². The maximum absolute atomic E-state index is 14.1. The molecule has 0 aromatic carbocycles. The third kappa shape index (κ3) is 13.0. The van der Waals surface area contributed by atoms with Crippen molar-refractivity contribution in [3.63, 3.8) is 0 Å². The second-order valence-corrected chi connectivity index (χ2v) is 10.9. The molecule has 0 bridgehead atoms. The predicted octanol–water partition coefficient (Wildman–Crippen LogP) is 3.51. The molecule has 1 atom stereocenters. The fourth-order valence-electron chi connectivity index (χ4n) is 3.55. The average molecular weight is 649 g/mol. The van der Waals surface area contributed by atoms with Crippen molar-refractivity contribution in [2.75, 3.05) is 87.1 Å². The van der Waals surface area contributed by atoms with Crippen molar-refractivity contribution < 1.29 is 70.4 Å². The van der Waals surface area contributed by atoms with E-state index in [4.69, 9.17) is 51.7 Å². The van der Waals surface area contributed by atoms with E-state index in [1.165, 1.54) is 0 Å². The summed E-state index contributed by atoms with van der Waals surface area (Å²) >= 11 is 0. The molecule has 0 aliphatic heterocycles. The molecule has 43 heavy (non-hydrogen) atoms. The van der Waals surface area contributed by atoms with Gasteiger partial charge in [-0.25, -0.2) is 13.9 Å². The summed E-state index contributed by atoms with van der Waals surface area (Å²) in [6, 6.07) is 0. The Balaban J connectivity index is 7.17. The summed E-state index contributed by atoms with van der Waals surface area (Å²) in [6.07, 6.45) is 1.07. The summed E-state index contributed by atoms with van der Waals surface area (Å²) in [4.78, 5) is 24.9. The molecule has 0 rings (SSSR count). The van der Waals surface area contributed by atoms with Gasteiger partial charge in [-0.3, -0.25) is 4.52 Å². The van der Waals surface area contributed by atoms with Crippen LogP contribution >= 0.6 is 7.82 Å². The zero-order valence-electron chi connectivity index (χ0n) is 27.8. The van der Waals surface area contributed by atoms with Gasteiger partial charge in [-0.2, -0.15) is 0 Å². The lowest BCUT2D eigenvalue weighted by Crippen LogP contribution is -2.65. The van der Waals surface area contributed by atoms with Gasteiger partial charge in [0.2, 0.25) is 0 Å². The summed E-state index contributed by atoms with van der Waals surface area (Å²) in [6.45, 7) is 13.0. The van der Waals surface area contributed by atoms with Crippen molar-refractivity contribution in [3.05, 3.63) is 11.8 Å². The molecule has 256 valence electrons. The molecule has 0 radical (unpaired) electrons. The van der Waals surface area contributed by atoms with E-state index in [0.717, 1.165) is 6.26 Å². The van der Waals surface area contributed by atoms with Crippen LogP contribution in [0.2, 0.25) is 0 Å². The minimum Gasteiger partial charge on any atom is -0.501 e. The highest BCUT2D eigenvalue weighted by Gasteiger charge is 2.67. The molecule has 0 aliphatic carbocycles. The van der Waals surface area contributed by atoms with E-state index in [-0.39, 0.29) is 65.0 Å². The monoisotopic (exact) mass is 648 g/mol. The minimum atomic E-state index is -4.98. The van der Waals surface area contributed by atoms with Gasteiger partial charge in [0.15, 0.2) is 5.57 Å². The first-order valence-corrected chi connectivity index (χ1v) is 16.2.